The van der Waals surface area contributed by atoms with E-state index in [0.717, 1.165) is 0 Å². The summed E-state index contributed by atoms with van der Waals surface area (Å²) in [6.07, 6.45) is 0. The number of aromatic nitrogens is 1. The average Bonchev–Trinajstić information content (AvgIpc) is 2.62. The molecule has 1 nitrogen and oxygen atoms in total. The SMILES string of the molecule is Cc1ccc2ccccc2c1-c1ccc2cc(C(C)C)ccc2[n+]1C. The first-order valence-electron chi connectivity index (χ1n) is 8.97. The van der Waals surface area contributed by atoms with E-state index in [4.69, 9.17) is 0 Å². The van der Waals surface area contributed by atoms with E-state index in [1.807, 2.05) is 0 Å². The lowest BCUT2D eigenvalue weighted by molar-refractivity contribution is -0.633. The molecule has 0 N–H and O–H groups in total. The molecule has 0 spiro atoms. The van der Waals surface area contributed by atoms with Crippen LogP contribution in [0.15, 0.2) is 66.7 Å². The van der Waals surface area contributed by atoms with Crippen molar-refractivity contribution in [2.24, 2.45) is 7.05 Å². The summed E-state index contributed by atoms with van der Waals surface area (Å²) in [4.78, 5) is 0. The van der Waals surface area contributed by atoms with Gasteiger partial charge in [0.05, 0.1) is 5.56 Å². The molecule has 4 rings (SSSR count). The number of pyridine rings is 1. The van der Waals surface area contributed by atoms with Crippen molar-refractivity contribution >= 4 is 21.7 Å². The molecular formula is C24H24N+. The van der Waals surface area contributed by atoms with Crippen LogP contribution in [0, 0.1) is 6.92 Å². The highest BCUT2D eigenvalue weighted by Gasteiger charge is 2.18. The zero-order valence-electron chi connectivity index (χ0n) is 15.4. The van der Waals surface area contributed by atoms with Gasteiger partial charge < -0.3 is 0 Å². The first-order valence-corrected chi connectivity index (χ1v) is 8.97. The maximum absolute atomic E-state index is 2.33. The van der Waals surface area contributed by atoms with Crippen molar-refractivity contribution in [1.82, 2.24) is 0 Å². The highest BCUT2D eigenvalue weighted by molar-refractivity contribution is 5.97. The Hall–Kier alpha value is -2.67. The number of hydrogen-bond acceptors (Lipinski definition) is 0. The molecular weight excluding hydrogens is 302 g/mol. The molecule has 0 unspecified atom stereocenters. The van der Waals surface area contributed by atoms with Gasteiger partial charge in [0, 0.05) is 17.5 Å². The summed E-state index contributed by atoms with van der Waals surface area (Å²) < 4.78 is 2.33. The van der Waals surface area contributed by atoms with E-state index in [1.54, 1.807) is 0 Å². The van der Waals surface area contributed by atoms with Gasteiger partial charge in [0.25, 0.3) is 0 Å². The Morgan fingerprint density at radius 1 is 0.800 bits per heavy atom. The van der Waals surface area contributed by atoms with Crippen molar-refractivity contribution in [3.8, 4) is 11.3 Å². The van der Waals surface area contributed by atoms with Crippen LogP contribution in [0.4, 0.5) is 0 Å². The van der Waals surface area contributed by atoms with Gasteiger partial charge in [-0.2, -0.15) is 4.57 Å². The van der Waals surface area contributed by atoms with Crippen molar-refractivity contribution in [3.63, 3.8) is 0 Å². The third-order valence-corrected chi connectivity index (χ3v) is 5.26. The second-order valence-electron chi connectivity index (χ2n) is 7.23. The van der Waals surface area contributed by atoms with Crippen molar-refractivity contribution < 1.29 is 4.57 Å². The van der Waals surface area contributed by atoms with E-state index in [9.17, 15) is 0 Å². The van der Waals surface area contributed by atoms with Crippen LogP contribution in [0.2, 0.25) is 0 Å². The van der Waals surface area contributed by atoms with Crippen LogP contribution >= 0.6 is 0 Å². The Morgan fingerprint density at radius 2 is 1.56 bits per heavy atom. The lowest BCUT2D eigenvalue weighted by atomic mass is 9.95. The summed E-state index contributed by atoms with van der Waals surface area (Å²) >= 11 is 0. The third-order valence-electron chi connectivity index (χ3n) is 5.26. The Morgan fingerprint density at radius 3 is 2.36 bits per heavy atom. The quantitative estimate of drug-likeness (QED) is 0.403. The summed E-state index contributed by atoms with van der Waals surface area (Å²) in [5.41, 5.74) is 6.57. The second kappa shape index (κ2) is 6.00. The monoisotopic (exact) mass is 326 g/mol. The number of fused-ring (bicyclic) bond motifs is 2. The van der Waals surface area contributed by atoms with E-state index >= 15 is 0 Å². The topological polar surface area (TPSA) is 3.88 Å². The highest BCUT2D eigenvalue weighted by Crippen LogP contribution is 2.31. The number of hydrogen-bond donors (Lipinski definition) is 0. The lowest BCUT2D eigenvalue weighted by Gasteiger charge is -2.11. The standard InChI is InChI=1S/C24H24N/c1-16(2)19-11-13-22-20(15-19)12-14-23(25(22)4)24-17(3)9-10-18-7-5-6-8-21(18)24/h5-16H,1-4H3/q+1. The van der Waals surface area contributed by atoms with Gasteiger partial charge in [-0.15, -0.1) is 0 Å². The fourth-order valence-electron chi connectivity index (χ4n) is 3.75. The highest BCUT2D eigenvalue weighted by atomic mass is 14.9. The minimum atomic E-state index is 0.551. The minimum absolute atomic E-state index is 0.551. The second-order valence-corrected chi connectivity index (χ2v) is 7.23. The number of rotatable bonds is 2. The largest absolute Gasteiger partial charge is 0.213 e. The van der Waals surface area contributed by atoms with Gasteiger partial charge in [-0.05, 0) is 46.9 Å². The fourth-order valence-corrected chi connectivity index (χ4v) is 3.75. The van der Waals surface area contributed by atoms with E-state index in [0.29, 0.717) is 5.92 Å². The number of aryl methyl sites for hydroxylation is 2. The van der Waals surface area contributed by atoms with Crippen molar-refractivity contribution in [2.75, 3.05) is 0 Å². The molecule has 0 fully saturated rings. The molecule has 0 radical (unpaired) electrons. The maximum Gasteiger partial charge on any atom is 0.213 e. The smallest absolute Gasteiger partial charge is 0.194 e. The van der Waals surface area contributed by atoms with E-state index in [1.165, 1.54) is 44.1 Å². The van der Waals surface area contributed by atoms with Gasteiger partial charge in [0.2, 0.25) is 11.2 Å². The van der Waals surface area contributed by atoms with Gasteiger partial charge in [-0.25, -0.2) is 0 Å². The zero-order valence-corrected chi connectivity index (χ0v) is 15.4. The molecule has 4 aromatic rings. The number of nitrogens with zero attached hydrogens (tertiary/aromatic N) is 1. The van der Waals surface area contributed by atoms with Crippen molar-refractivity contribution in [1.29, 1.82) is 0 Å². The fraction of sp³-hybridized carbons (Fsp3) is 0.208. The predicted molar refractivity (Wildman–Crippen MR) is 107 cm³/mol. The molecule has 3 aromatic carbocycles. The van der Waals surface area contributed by atoms with Crippen LogP contribution in [0.3, 0.4) is 0 Å². The molecule has 0 atom stereocenters. The molecule has 0 aliphatic carbocycles. The van der Waals surface area contributed by atoms with E-state index in [2.05, 4.69) is 99.1 Å². The van der Waals surface area contributed by atoms with Crippen LogP contribution in [-0.2, 0) is 7.05 Å². The first-order chi connectivity index (χ1) is 12.1. The molecule has 1 aromatic heterocycles. The van der Waals surface area contributed by atoms with E-state index < -0.39 is 0 Å². The van der Waals surface area contributed by atoms with E-state index in [-0.39, 0.29) is 0 Å². The van der Waals surface area contributed by atoms with Crippen LogP contribution < -0.4 is 4.57 Å². The van der Waals surface area contributed by atoms with Crippen LogP contribution in [0.25, 0.3) is 32.9 Å². The molecule has 0 aliphatic heterocycles. The van der Waals surface area contributed by atoms with Gasteiger partial charge >= 0.3 is 0 Å². The van der Waals surface area contributed by atoms with Gasteiger partial charge in [-0.1, -0.05) is 56.3 Å². The minimum Gasteiger partial charge on any atom is -0.194 e. The average molecular weight is 326 g/mol. The number of benzene rings is 3. The summed E-state index contributed by atoms with van der Waals surface area (Å²) in [6.45, 7) is 6.69. The van der Waals surface area contributed by atoms with Crippen LogP contribution in [0.1, 0.15) is 30.9 Å². The normalized spacial score (nSPS) is 11.6. The molecule has 25 heavy (non-hydrogen) atoms. The Kier molecular flexibility index (Phi) is 3.80. The van der Waals surface area contributed by atoms with Crippen LogP contribution in [-0.4, -0.2) is 0 Å². The Balaban J connectivity index is 2.01. The maximum atomic E-state index is 2.33. The summed E-state index contributed by atoms with van der Waals surface area (Å²) in [6, 6.07) is 24.4. The van der Waals surface area contributed by atoms with Gasteiger partial charge in [-0.3, -0.25) is 0 Å². The van der Waals surface area contributed by atoms with Gasteiger partial charge in [0.1, 0.15) is 7.05 Å². The van der Waals surface area contributed by atoms with Crippen molar-refractivity contribution in [3.05, 3.63) is 77.9 Å². The molecule has 0 amide bonds. The zero-order chi connectivity index (χ0) is 17.6. The molecule has 0 saturated heterocycles. The molecule has 1 heteroatoms. The van der Waals surface area contributed by atoms with Gasteiger partial charge in [0.15, 0.2) is 0 Å². The molecule has 0 bridgehead atoms. The summed E-state index contributed by atoms with van der Waals surface area (Å²) in [5.74, 6) is 0.551. The van der Waals surface area contributed by atoms with Crippen molar-refractivity contribution in [2.45, 2.75) is 26.7 Å². The third kappa shape index (κ3) is 2.60. The Labute approximate surface area is 149 Å². The molecule has 0 aliphatic rings. The Bertz CT molecular complexity index is 1090. The lowest BCUT2D eigenvalue weighted by Crippen LogP contribution is -2.32. The summed E-state index contributed by atoms with van der Waals surface area (Å²) in [5, 5.41) is 3.91. The van der Waals surface area contributed by atoms with Crippen LogP contribution in [0.5, 0.6) is 0 Å². The summed E-state index contributed by atoms with van der Waals surface area (Å²) in [7, 11) is 2.17. The first kappa shape index (κ1) is 15.8. The molecule has 124 valence electrons. The molecule has 0 saturated carbocycles. The predicted octanol–water partition coefficient (Wildman–Crippen LogP) is 5.92. The molecule has 1 heterocycles.